The minimum Gasteiger partial charge on any atom is -0.467 e. The van der Waals surface area contributed by atoms with Crippen molar-refractivity contribution in [1.29, 1.82) is 0 Å². The van der Waals surface area contributed by atoms with E-state index in [1.54, 1.807) is 0 Å². The summed E-state index contributed by atoms with van der Waals surface area (Å²) in [6.45, 7) is 18.7. The molecule has 10 heteroatoms. The van der Waals surface area contributed by atoms with E-state index in [0.717, 1.165) is 5.56 Å². The van der Waals surface area contributed by atoms with Crippen molar-refractivity contribution in [2.75, 3.05) is 13.7 Å². The molecule has 8 nitrogen and oxygen atoms in total. The number of carbonyl (C=O) groups excluding carboxylic acids is 1. The Morgan fingerprint density at radius 2 is 1.35 bits per heavy atom. The number of ether oxygens (including phenoxy) is 4. The second-order valence-electron chi connectivity index (χ2n) is 15.3. The van der Waals surface area contributed by atoms with Crippen LogP contribution < -0.4 is 15.1 Å². The summed E-state index contributed by atoms with van der Waals surface area (Å²) < 4.78 is 48.4. The molecule has 0 spiro atoms. The molecule has 0 bridgehead atoms. The molecule has 1 aliphatic heterocycles. The quantitative estimate of drug-likeness (QED) is 0.165. The first-order valence-electron chi connectivity index (χ1n) is 17.0. The number of esters is 1. The van der Waals surface area contributed by atoms with Gasteiger partial charge in [-0.25, -0.2) is 13.7 Å². The highest BCUT2D eigenvalue weighted by molar-refractivity contribution is 7.84. The molecule has 0 aliphatic carbocycles. The zero-order valence-electron chi connectivity index (χ0n) is 30.7. The standard InChI is InChI=1S/C39H55NO7SSi/c1-28(26-45-49(38(5,6)7,30-22-16-12-17-23-30)31-24-18-13-19-25-31)33-34(47-39(8,9)46-33)32(40-48(42)37(2,3)4)35(36(41)43-10)44-27-29-20-14-11-15-21-29/h11-25,28,32-35,40H,26-27H2,1-10H3/t28-,32+,33-,34-,35-,48?/m0/s1. The molecule has 4 rings (SSSR count). The summed E-state index contributed by atoms with van der Waals surface area (Å²) in [5.41, 5.74) is 0.889. The number of hydrogen-bond donors (Lipinski definition) is 1. The fourth-order valence-corrected chi connectivity index (χ4v) is 12.0. The minimum atomic E-state index is -2.85. The van der Waals surface area contributed by atoms with E-state index in [9.17, 15) is 9.00 Å². The van der Waals surface area contributed by atoms with Crippen LogP contribution in [0, 0.1) is 5.92 Å². The van der Waals surface area contributed by atoms with Gasteiger partial charge in [-0.2, -0.15) is 0 Å². The van der Waals surface area contributed by atoms with E-state index >= 15 is 0 Å². The number of carbonyl (C=O) groups is 1. The van der Waals surface area contributed by atoms with Crippen LogP contribution in [0.3, 0.4) is 0 Å². The Labute approximate surface area is 296 Å². The molecule has 49 heavy (non-hydrogen) atoms. The van der Waals surface area contributed by atoms with Crippen molar-refractivity contribution in [2.45, 2.75) is 109 Å². The van der Waals surface area contributed by atoms with Gasteiger partial charge in [0.25, 0.3) is 8.32 Å². The number of benzene rings is 3. The maximum absolute atomic E-state index is 13.7. The summed E-state index contributed by atoms with van der Waals surface area (Å²) in [4.78, 5) is 13.5. The first kappa shape index (κ1) is 39.1. The average molecular weight is 710 g/mol. The Morgan fingerprint density at radius 1 is 0.857 bits per heavy atom. The van der Waals surface area contributed by atoms with Crippen LogP contribution in [0.15, 0.2) is 91.0 Å². The summed E-state index contributed by atoms with van der Waals surface area (Å²) in [6.07, 6.45) is -2.43. The lowest BCUT2D eigenvalue weighted by Gasteiger charge is -2.44. The Balaban J connectivity index is 1.73. The molecule has 1 heterocycles. The molecular weight excluding hydrogens is 655 g/mol. The molecule has 0 aromatic heterocycles. The number of methoxy groups -OCH3 is 1. The average Bonchev–Trinajstić information content (AvgIpc) is 3.39. The fourth-order valence-electron chi connectivity index (χ4n) is 6.44. The Bertz CT molecular complexity index is 1470. The fraction of sp³-hybridized carbons (Fsp3) is 0.513. The normalized spacial score (nSPS) is 20.7. The van der Waals surface area contributed by atoms with Gasteiger partial charge in [-0.05, 0) is 55.6 Å². The molecule has 0 amide bonds. The lowest BCUT2D eigenvalue weighted by molar-refractivity contribution is -0.167. The van der Waals surface area contributed by atoms with Crippen molar-refractivity contribution in [3.8, 4) is 0 Å². The predicted octanol–water partition coefficient (Wildman–Crippen LogP) is 5.90. The van der Waals surface area contributed by atoms with Gasteiger partial charge >= 0.3 is 5.97 Å². The van der Waals surface area contributed by atoms with E-state index < -0.39 is 60.2 Å². The van der Waals surface area contributed by atoms with E-state index in [2.05, 4.69) is 80.9 Å². The highest BCUT2D eigenvalue weighted by atomic mass is 32.2. The van der Waals surface area contributed by atoms with Crippen LogP contribution in [0.5, 0.6) is 0 Å². The van der Waals surface area contributed by atoms with E-state index in [4.69, 9.17) is 23.4 Å². The van der Waals surface area contributed by atoms with Crippen molar-refractivity contribution in [3.63, 3.8) is 0 Å². The van der Waals surface area contributed by atoms with Crippen molar-refractivity contribution < 1.29 is 32.4 Å². The van der Waals surface area contributed by atoms with Crippen LogP contribution >= 0.6 is 0 Å². The van der Waals surface area contributed by atoms with Gasteiger partial charge in [0.15, 0.2) is 11.9 Å². The highest BCUT2D eigenvalue weighted by Crippen LogP contribution is 2.39. The van der Waals surface area contributed by atoms with Crippen molar-refractivity contribution in [2.24, 2.45) is 5.92 Å². The zero-order valence-corrected chi connectivity index (χ0v) is 32.5. The van der Waals surface area contributed by atoms with Crippen LogP contribution in [0.25, 0.3) is 0 Å². The van der Waals surface area contributed by atoms with Gasteiger partial charge in [0.05, 0.1) is 41.6 Å². The second kappa shape index (κ2) is 16.1. The Morgan fingerprint density at radius 3 is 1.82 bits per heavy atom. The van der Waals surface area contributed by atoms with Gasteiger partial charge in [-0.1, -0.05) is 119 Å². The van der Waals surface area contributed by atoms with Gasteiger partial charge < -0.3 is 23.4 Å². The lowest BCUT2D eigenvalue weighted by Crippen LogP contribution is -2.67. The summed E-state index contributed by atoms with van der Waals surface area (Å²) in [5, 5.41) is 2.15. The smallest absolute Gasteiger partial charge is 0.336 e. The molecule has 1 aliphatic rings. The molecule has 1 N–H and O–H groups in total. The Hall–Kier alpha value is -2.70. The summed E-state index contributed by atoms with van der Waals surface area (Å²) in [7, 11) is -3.11. The number of rotatable bonds is 14. The van der Waals surface area contributed by atoms with Gasteiger partial charge in [-0.15, -0.1) is 0 Å². The minimum absolute atomic E-state index is 0.148. The van der Waals surface area contributed by atoms with E-state index in [1.807, 2.05) is 77.1 Å². The molecule has 3 aromatic carbocycles. The lowest BCUT2D eigenvalue weighted by atomic mass is 9.93. The molecule has 1 saturated heterocycles. The van der Waals surface area contributed by atoms with Gasteiger partial charge in [0.1, 0.15) is 6.10 Å². The topological polar surface area (TPSA) is 92.3 Å². The van der Waals surface area contributed by atoms with Crippen LogP contribution in [0.1, 0.15) is 67.9 Å². The first-order valence-corrected chi connectivity index (χ1v) is 20.1. The summed E-state index contributed by atoms with van der Waals surface area (Å²) >= 11 is 0. The van der Waals surface area contributed by atoms with Crippen LogP contribution in [-0.2, 0) is 45.8 Å². The third-order valence-corrected chi connectivity index (χ3v) is 15.5. The monoisotopic (exact) mass is 709 g/mol. The third-order valence-electron chi connectivity index (χ3n) is 8.89. The molecule has 1 fully saturated rings. The molecule has 0 saturated carbocycles. The van der Waals surface area contributed by atoms with Crippen molar-refractivity contribution in [3.05, 3.63) is 96.6 Å². The van der Waals surface area contributed by atoms with E-state index in [1.165, 1.54) is 17.5 Å². The molecular formula is C39H55NO7SSi. The molecule has 6 atom stereocenters. The van der Waals surface area contributed by atoms with E-state index in [0.29, 0.717) is 6.61 Å². The molecule has 268 valence electrons. The highest BCUT2D eigenvalue weighted by Gasteiger charge is 2.54. The maximum Gasteiger partial charge on any atom is 0.336 e. The summed E-state index contributed by atoms with van der Waals surface area (Å²) in [5.74, 6) is -1.79. The predicted molar refractivity (Wildman–Crippen MR) is 198 cm³/mol. The van der Waals surface area contributed by atoms with Gasteiger partial charge in [0, 0.05) is 12.5 Å². The number of hydrogen-bond acceptors (Lipinski definition) is 7. The van der Waals surface area contributed by atoms with Crippen LogP contribution in [0.4, 0.5) is 0 Å². The summed E-state index contributed by atoms with van der Waals surface area (Å²) in [6, 6.07) is 29.7. The molecule has 3 aromatic rings. The van der Waals surface area contributed by atoms with E-state index in [-0.39, 0.29) is 17.6 Å². The zero-order chi connectivity index (χ0) is 36.0. The largest absolute Gasteiger partial charge is 0.467 e. The third kappa shape index (κ3) is 9.35. The SMILES string of the molecule is COC(=O)[C@@H](OCc1ccccc1)[C@H](NS(=O)C(C)(C)C)[C@@H]1OC(C)(C)O[C@H]1[C@@H](C)CO[Si](c1ccccc1)(c1ccccc1)C(C)(C)C. The van der Waals surface area contributed by atoms with Crippen LogP contribution in [0.2, 0.25) is 5.04 Å². The first-order chi connectivity index (χ1) is 23.0. The van der Waals surface area contributed by atoms with Crippen molar-refractivity contribution in [1.82, 2.24) is 4.72 Å². The van der Waals surface area contributed by atoms with Crippen LogP contribution in [-0.4, -0.2) is 67.1 Å². The molecule has 0 radical (unpaired) electrons. The van der Waals surface area contributed by atoms with Gasteiger partial charge in [0.2, 0.25) is 0 Å². The maximum atomic E-state index is 13.7. The van der Waals surface area contributed by atoms with Gasteiger partial charge in [-0.3, -0.25) is 0 Å². The molecule has 1 unspecified atom stereocenters. The number of nitrogens with one attached hydrogen (secondary N) is 1. The Kier molecular flexibility index (Phi) is 12.8. The van der Waals surface area contributed by atoms with Crippen molar-refractivity contribution >= 4 is 35.6 Å². The second-order valence-corrected chi connectivity index (χ2v) is 21.6.